The molecule has 0 rings (SSSR count). The van der Waals surface area contributed by atoms with E-state index in [1.165, 1.54) is 11.3 Å². The lowest BCUT2D eigenvalue weighted by Gasteiger charge is -2.07. The molecule has 0 N–H and O–H groups in total. The van der Waals surface area contributed by atoms with Gasteiger partial charge in [0.1, 0.15) is 13.3 Å². The highest BCUT2D eigenvalue weighted by Crippen LogP contribution is 2.15. The summed E-state index contributed by atoms with van der Waals surface area (Å²) >= 11 is 0. The van der Waals surface area contributed by atoms with Gasteiger partial charge >= 0.3 is 0 Å². The lowest BCUT2D eigenvalue weighted by atomic mass is 10.0. The van der Waals surface area contributed by atoms with Crippen LogP contribution in [0.25, 0.3) is 0 Å². The average Bonchev–Trinajstić information content (AvgIpc) is 2.11. The Bertz CT molecular complexity index is 242. The van der Waals surface area contributed by atoms with Crippen molar-refractivity contribution in [2.45, 2.75) is 34.6 Å². The lowest BCUT2D eigenvalue weighted by molar-refractivity contribution is -0.434. The molecule has 13 heavy (non-hydrogen) atoms. The second-order valence-corrected chi connectivity index (χ2v) is 3.59. The quantitative estimate of drug-likeness (QED) is 0.356. The number of hydrogen-bond acceptors (Lipinski definition) is 0. The standard InChI is InChI=1S/C12H22N/c1-7-9-12(13(6)8-2)11(5)10(3)4/h7-10H,1-6H3/q+1/b9-7-,12-11-,13-8?. The maximum Gasteiger partial charge on any atom is 0.203 e. The maximum atomic E-state index is 2.22. The Morgan fingerprint density at radius 2 is 1.77 bits per heavy atom. The molecule has 1 heteroatoms. The van der Waals surface area contributed by atoms with Crippen LogP contribution in [0.4, 0.5) is 0 Å². The third-order valence-corrected chi connectivity index (χ3v) is 2.36. The fourth-order valence-corrected chi connectivity index (χ4v) is 1.12. The molecule has 0 saturated heterocycles. The molecule has 0 saturated carbocycles. The number of hydrogen-bond donors (Lipinski definition) is 0. The molecule has 0 amide bonds. The zero-order valence-electron chi connectivity index (χ0n) is 9.76. The molecular formula is C12H22N+. The molecule has 0 radical (unpaired) electrons. The van der Waals surface area contributed by atoms with E-state index >= 15 is 0 Å². The maximum absolute atomic E-state index is 2.22. The second-order valence-electron chi connectivity index (χ2n) is 3.59. The molecular weight excluding hydrogens is 158 g/mol. The van der Waals surface area contributed by atoms with Crippen LogP contribution in [0.1, 0.15) is 34.6 Å². The summed E-state index contributed by atoms with van der Waals surface area (Å²) < 4.78 is 2.16. The van der Waals surface area contributed by atoms with Crippen molar-refractivity contribution >= 4 is 6.21 Å². The summed E-state index contributed by atoms with van der Waals surface area (Å²) in [6, 6.07) is 0. The highest BCUT2D eigenvalue weighted by molar-refractivity contribution is 5.48. The minimum absolute atomic E-state index is 0.605. The Labute approximate surface area is 82.5 Å². The van der Waals surface area contributed by atoms with Crippen LogP contribution >= 0.6 is 0 Å². The highest BCUT2D eigenvalue weighted by atomic mass is 15.0. The van der Waals surface area contributed by atoms with Gasteiger partial charge in [0.25, 0.3) is 0 Å². The predicted molar refractivity (Wildman–Crippen MR) is 60.3 cm³/mol. The van der Waals surface area contributed by atoms with Gasteiger partial charge in [0.2, 0.25) is 5.70 Å². The van der Waals surface area contributed by atoms with Gasteiger partial charge < -0.3 is 0 Å². The summed E-state index contributed by atoms with van der Waals surface area (Å²) in [6.45, 7) is 10.7. The minimum atomic E-state index is 0.605. The molecule has 0 fully saturated rings. The van der Waals surface area contributed by atoms with E-state index < -0.39 is 0 Å². The first-order valence-electron chi connectivity index (χ1n) is 4.90. The molecule has 0 aliphatic rings. The Morgan fingerprint density at radius 3 is 2.08 bits per heavy atom. The molecule has 0 aromatic heterocycles. The van der Waals surface area contributed by atoms with E-state index in [0.717, 1.165) is 0 Å². The van der Waals surface area contributed by atoms with Crippen LogP contribution in [-0.4, -0.2) is 17.8 Å². The van der Waals surface area contributed by atoms with Crippen LogP contribution in [0.2, 0.25) is 0 Å². The Morgan fingerprint density at radius 1 is 1.23 bits per heavy atom. The van der Waals surface area contributed by atoms with Crippen molar-refractivity contribution in [1.29, 1.82) is 0 Å². The molecule has 74 valence electrons. The molecule has 0 aliphatic carbocycles. The predicted octanol–water partition coefficient (Wildman–Crippen LogP) is 3.23. The highest BCUT2D eigenvalue weighted by Gasteiger charge is 2.10. The summed E-state index contributed by atoms with van der Waals surface area (Å²) in [4.78, 5) is 0. The Kier molecular flexibility index (Phi) is 5.36. The second kappa shape index (κ2) is 5.74. The van der Waals surface area contributed by atoms with Crippen molar-refractivity contribution < 1.29 is 4.58 Å². The van der Waals surface area contributed by atoms with Gasteiger partial charge in [-0.05, 0) is 19.8 Å². The van der Waals surface area contributed by atoms with Crippen molar-refractivity contribution in [2.75, 3.05) is 7.05 Å². The van der Waals surface area contributed by atoms with E-state index in [9.17, 15) is 0 Å². The van der Waals surface area contributed by atoms with Gasteiger partial charge in [-0.3, -0.25) is 0 Å². The molecule has 0 aromatic carbocycles. The zero-order chi connectivity index (χ0) is 10.4. The Balaban J connectivity index is 5.12. The van der Waals surface area contributed by atoms with Crippen molar-refractivity contribution in [2.24, 2.45) is 5.92 Å². The van der Waals surface area contributed by atoms with Gasteiger partial charge in [-0.1, -0.05) is 19.9 Å². The molecule has 0 unspecified atom stereocenters. The SMILES string of the molecule is CC=[N+](C)C(/C=C\C)=C(/C)C(C)C. The van der Waals surface area contributed by atoms with E-state index in [2.05, 4.69) is 64.6 Å². The number of likely N-dealkylation sites (N-methyl/N-ethyl adjacent to an activating group) is 1. The monoisotopic (exact) mass is 180 g/mol. The third kappa shape index (κ3) is 3.58. The van der Waals surface area contributed by atoms with Crippen molar-refractivity contribution in [3.8, 4) is 0 Å². The van der Waals surface area contributed by atoms with Gasteiger partial charge in [0.15, 0.2) is 0 Å². The Hall–Kier alpha value is -0.850. The van der Waals surface area contributed by atoms with Gasteiger partial charge in [-0.2, -0.15) is 0 Å². The summed E-state index contributed by atoms with van der Waals surface area (Å²) in [5, 5.41) is 0. The molecule has 1 nitrogen and oxygen atoms in total. The van der Waals surface area contributed by atoms with Crippen molar-refractivity contribution in [1.82, 2.24) is 0 Å². The van der Waals surface area contributed by atoms with Crippen LogP contribution in [0, 0.1) is 5.92 Å². The lowest BCUT2D eigenvalue weighted by Crippen LogP contribution is -2.08. The largest absolute Gasteiger partial charge is 0.206 e. The number of allylic oxidation sites excluding steroid dienone is 3. The summed E-state index contributed by atoms with van der Waals surface area (Å²) in [7, 11) is 2.08. The zero-order valence-corrected chi connectivity index (χ0v) is 9.76. The number of nitrogens with zero attached hydrogens (tertiary/aromatic N) is 1. The molecule has 0 aliphatic heterocycles. The van der Waals surface area contributed by atoms with Gasteiger partial charge in [0.05, 0.1) is 0 Å². The smallest absolute Gasteiger partial charge is 0.203 e. The fraction of sp³-hybridized carbons (Fsp3) is 0.583. The first-order chi connectivity index (χ1) is 6.04. The molecule has 0 bridgehead atoms. The molecule has 0 atom stereocenters. The van der Waals surface area contributed by atoms with Crippen molar-refractivity contribution in [3.63, 3.8) is 0 Å². The normalized spacial score (nSPS) is 15.5. The first kappa shape index (κ1) is 12.2. The summed E-state index contributed by atoms with van der Waals surface area (Å²) in [6.07, 6.45) is 6.33. The van der Waals surface area contributed by atoms with Crippen molar-refractivity contribution in [3.05, 3.63) is 23.4 Å². The van der Waals surface area contributed by atoms with E-state index in [1.807, 2.05) is 0 Å². The van der Waals surface area contributed by atoms with E-state index in [4.69, 9.17) is 0 Å². The van der Waals surface area contributed by atoms with Gasteiger partial charge in [-0.15, -0.1) is 0 Å². The van der Waals surface area contributed by atoms with Gasteiger partial charge in [0, 0.05) is 18.6 Å². The number of rotatable bonds is 3. The molecule has 0 heterocycles. The third-order valence-electron chi connectivity index (χ3n) is 2.36. The molecule has 0 spiro atoms. The van der Waals surface area contributed by atoms with Gasteiger partial charge in [-0.25, -0.2) is 4.58 Å². The summed E-state index contributed by atoms with van der Waals surface area (Å²) in [5.41, 5.74) is 2.73. The van der Waals surface area contributed by atoms with Crippen LogP contribution in [-0.2, 0) is 0 Å². The van der Waals surface area contributed by atoms with Crippen LogP contribution < -0.4 is 0 Å². The minimum Gasteiger partial charge on any atom is -0.206 e. The average molecular weight is 180 g/mol. The van der Waals surface area contributed by atoms with Crippen LogP contribution in [0.5, 0.6) is 0 Å². The topological polar surface area (TPSA) is 3.01 Å². The summed E-state index contributed by atoms with van der Waals surface area (Å²) in [5.74, 6) is 0.605. The molecule has 0 aromatic rings. The van der Waals surface area contributed by atoms with E-state index in [0.29, 0.717) is 5.92 Å². The van der Waals surface area contributed by atoms with E-state index in [-0.39, 0.29) is 0 Å². The van der Waals surface area contributed by atoms with Crippen LogP contribution in [0.3, 0.4) is 0 Å². The van der Waals surface area contributed by atoms with E-state index in [1.54, 1.807) is 0 Å². The fourth-order valence-electron chi connectivity index (χ4n) is 1.12. The van der Waals surface area contributed by atoms with Crippen LogP contribution in [0.15, 0.2) is 23.4 Å². The first-order valence-corrected chi connectivity index (χ1v) is 4.90.